The molecule has 4 nitrogen and oxygen atoms in total. The lowest BCUT2D eigenvalue weighted by Gasteiger charge is -2.02. The zero-order valence-electron chi connectivity index (χ0n) is 9.74. The molecule has 2 aromatic heterocycles. The van der Waals surface area contributed by atoms with Crippen LogP contribution in [-0.2, 0) is 0 Å². The van der Waals surface area contributed by atoms with E-state index in [-0.39, 0.29) is 0 Å². The van der Waals surface area contributed by atoms with Crippen LogP contribution in [0.25, 0.3) is 22.2 Å². The highest BCUT2D eigenvalue weighted by molar-refractivity contribution is 9.10. The normalized spacial score (nSPS) is 11.0. The van der Waals surface area contributed by atoms with Gasteiger partial charge in [-0.3, -0.25) is 0 Å². The van der Waals surface area contributed by atoms with E-state index in [1.807, 2.05) is 31.3 Å². The molecule has 90 valence electrons. The summed E-state index contributed by atoms with van der Waals surface area (Å²) in [5.41, 5.74) is 9.50. The van der Waals surface area contributed by atoms with E-state index in [2.05, 4.69) is 36.9 Å². The number of aromatic amines is 1. The number of hydrogen-bond acceptors (Lipinski definition) is 3. The maximum atomic E-state index is 5.70. The molecule has 0 aliphatic heterocycles. The van der Waals surface area contributed by atoms with Gasteiger partial charge in [-0.15, -0.1) is 0 Å². The Labute approximate surface area is 112 Å². The summed E-state index contributed by atoms with van der Waals surface area (Å²) in [6.07, 6.45) is 1.94. The van der Waals surface area contributed by atoms with E-state index in [1.165, 1.54) is 0 Å². The Hall–Kier alpha value is -1.88. The van der Waals surface area contributed by atoms with Gasteiger partial charge in [-0.25, -0.2) is 9.97 Å². The molecule has 0 saturated heterocycles. The Balaban J connectivity index is 2.27. The fourth-order valence-corrected chi connectivity index (χ4v) is 2.40. The summed E-state index contributed by atoms with van der Waals surface area (Å²) in [7, 11) is 0. The molecule has 0 fully saturated rings. The Morgan fingerprint density at radius 1 is 1.22 bits per heavy atom. The highest BCUT2D eigenvalue weighted by Gasteiger charge is 2.09. The molecule has 0 atom stereocenters. The third kappa shape index (κ3) is 1.86. The summed E-state index contributed by atoms with van der Waals surface area (Å²) >= 11 is 3.48. The second-order valence-corrected chi connectivity index (χ2v) is 5.06. The van der Waals surface area contributed by atoms with Crippen molar-refractivity contribution in [1.29, 1.82) is 0 Å². The number of aromatic nitrogens is 3. The van der Waals surface area contributed by atoms with Crippen LogP contribution in [0.1, 0.15) is 5.69 Å². The molecule has 1 aromatic carbocycles. The van der Waals surface area contributed by atoms with Crippen molar-refractivity contribution >= 4 is 32.8 Å². The minimum atomic E-state index is 0.300. The highest BCUT2D eigenvalue weighted by atomic mass is 79.9. The lowest BCUT2D eigenvalue weighted by Crippen LogP contribution is -1.97. The second kappa shape index (κ2) is 4.10. The number of aryl methyl sites for hydroxylation is 1. The minimum absolute atomic E-state index is 0.300. The molecule has 0 amide bonds. The fourth-order valence-electron chi connectivity index (χ4n) is 2.03. The molecule has 0 spiro atoms. The first kappa shape index (κ1) is 11.2. The third-order valence-corrected chi connectivity index (χ3v) is 3.28. The van der Waals surface area contributed by atoms with Crippen molar-refractivity contribution in [3.05, 3.63) is 40.6 Å². The lowest BCUT2D eigenvalue weighted by atomic mass is 10.1. The number of fused-ring (bicyclic) bond motifs is 1. The number of nitrogen functional groups attached to an aromatic ring is 1. The number of rotatable bonds is 1. The zero-order valence-corrected chi connectivity index (χ0v) is 11.3. The molecule has 3 N–H and O–H groups in total. The molecule has 0 aliphatic carbocycles. The average molecular weight is 303 g/mol. The largest absolute Gasteiger partial charge is 0.368 e. The van der Waals surface area contributed by atoms with Gasteiger partial charge < -0.3 is 10.7 Å². The van der Waals surface area contributed by atoms with Crippen molar-refractivity contribution in [3.63, 3.8) is 0 Å². The van der Waals surface area contributed by atoms with Crippen LogP contribution in [0.4, 0.5) is 5.95 Å². The van der Waals surface area contributed by atoms with Crippen molar-refractivity contribution in [2.45, 2.75) is 6.92 Å². The molecule has 3 aromatic rings. The Kier molecular flexibility index (Phi) is 2.56. The quantitative estimate of drug-likeness (QED) is 0.725. The van der Waals surface area contributed by atoms with Crippen LogP contribution < -0.4 is 5.73 Å². The molecular weight excluding hydrogens is 292 g/mol. The van der Waals surface area contributed by atoms with E-state index >= 15 is 0 Å². The molecule has 3 rings (SSSR count). The van der Waals surface area contributed by atoms with Gasteiger partial charge in [0.15, 0.2) is 0 Å². The van der Waals surface area contributed by atoms with Crippen molar-refractivity contribution in [1.82, 2.24) is 15.0 Å². The summed E-state index contributed by atoms with van der Waals surface area (Å²) in [4.78, 5) is 11.6. The van der Waals surface area contributed by atoms with E-state index < -0.39 is 0 Å². The molecule has 18 heavy (non-hydrogen) atoms. The molecule has 0 unspecified atom stereocenters. The van der Waals surface area contributed by atoms with Gasteiger partial charge in [0.25, 0.3) is 0 Å². The number of anilines is 1. The van der Waals surface area contributed by atoms with Crippen LogP contribution in [0.5, 0.6) is 0 Å². The van der Waals surface area contributed by atoms with Gasteiger partial charge in [-0.05, 0) is 31.2 Å². The van der Waals surface area contributed by atoms with Crippen molar-refractivity contribution in [2.24, 2.45) is 0 Å². The number of nitrogens with two attached hydrogens (primary N) is 1. The lowest BCUT2D eigenvalue weighted by molar-refractivity contribution is 1.12. The van der Waals surface area contributed by atoms with Crippen molar-refractivity contribution in [2.75, 3.05) is 5.73 Å². The highest BCUT2D eigenvalue weighted by Crippen LogP contribution is 2.29. The summed E-state index contributed by atoms with van der Waals surface area (Å²) < 4.78 is 1.04. The topological polar surface area (TPSA) is 67.6 Å². The van der Waals surface area contributed by atoms with Gasteiger partial charge in [-0.2, -0.15) is 0 Å². The standard InChI is InChI=1S/C13H11BrN4/c1-7-4-12(18-13(15)17-7)10-6-16-11-3-2-8(14)5-9(10)11/h2-6,16H,1H3,(H2,15,17,18). The predicted octanol–water partition coefficient (Wildman–Crippen LogP) is 3.28. The summed E-state index contributed by atoms with van der Waals surface area (Å²) in [6, 6.07) is 8.02. The first-order chi connectivity index (χ1) is 8.63. The maximum Gasteiger partial charge on any atom is 0.220 e. The zero-order chi connectivity index (χ0) is 12.7. The number of halogens is 1. The van der Waals surface area contributed by atoms with Crippen LogP contribution in [0, 0.1) is 6.92 Å². The molecular formula is C13H11BrN4. The predicted molar refractivity (Wildman–Crippen MR) is 76.2 cm³/mol. The first-order valence-corrected chi connectivity index (χ1v) is 6.31. The first-order valence-electron chi connectivity index (χ1n) is 5.51. The number of nitrogens with zero attached hydrogens (tertiary/aromatic N) is 2. The Morgan fingerprint density at radius 2 is 2.06 bits per heavy atom. The third-order valence-electron chi connectivity index (χ3n) is 2.79. The van der Waals surface area contributed by atoms with Crippen LogP contribution in [0.3, 0.4) is 0 Å². The molecule has 0 aliphatic rings. The summed E-state index contributed by atoms with van der Waals surface area (Å²) in [5.74, 6) is 0.300. The van der Waals surface area contributed by atoms with Crippen LogP contribution in [0.15, 0.2) is 34.9 Å². The monoisotopic (exact) mass is 302 g/mol. The van der Waals surface area contributed by atoms with Crippen LogP contribution >= 0.6 is 15.9 Å². The van der Waals surface area contributed by atoms with Crippen LogP contribution in [0.2, 0.25) is 0 Å². The molecule has 5 heteroatoms. The van der Waals surface area contributed by atoms with E-state index in [4.69, 9.17) is 5.73 Å². The van der Waals surface area contributed by atoms with E-state index in [1.54, 1.807) is 0 Å². The van der Waals surface area contributed by atoms with Gasteiger partial charge in [0, 0.05) is 32.8 Å². The number of benzene rings is 1. The number of hydrogen-bond donors (Lipinski definition) is 2. The van der Waals surface area contributed by atoms with Gasteiger partial charge in [0.2, 0.25) is 5.95 Å². The smallest absolute Gasteiger partial charge is 0.220 e. The summed E-state index contributed by atoms with van der Waals surface area (Å²) in [6.45, 7) is 1.91. The number of H-pyrrole nitrogens is 1. The van der Waals surface area contributed by atoms with E-state index in [0.717, 1.165) is 32.3 Å². The fraction of sp³-hybridized carbons (Fsp3) is 0.0769. The van der Waals surface area contributed by atoms with Gasteiger partial charge >= 0.3 is 0 Å². The molecule has 0 bridgehead atoms. The average Bonchev–Trinajstić information content (AvgIpc) is 2.70. The second-order valence-electron chi connectivity index (χ2n) is 4.15. The van der Waals surface area contributed by atoms with Crippen molar-refractivity contribution in [3.8, 4) is 11.3 Å². The summed E-state index contributed by atoms with van der Waals surface area (Å²) in [5, 5.41) is 1.11. The number of nitrogens with one attached hydrogen (secondary N) is 1. The van der Waals surface area contributed by atoms with Gasteiger partial charge in [0.05, 0.1) is 5.69 Å². The Morgan fingerprint density at radius 3 is 2.83 bits per heavy atom. The molecule has 2 heterocycles. The van der Waals surface area contributed by atoms with E-state index in [9.17, 15) is 0 Å². The SMILES string of the molecule is Cc1cc(-c2c[nH]c3ccc(Br)cc23)nc(N)n1. The minimum Gasteiger partial charge on any atom is -0.368 e. The van der Waals surface area contributed by atoms with Gasteiger partial charge in [0.1, 0.15) is 0 Å². The molecule has 0 radical (unpaired) electrons. The maximum absolute atomic E-state index is 5.70. The van der Waals surface area contributed by atoms with E-state index in [0.29, 0.717) is 5.95 Å². The van der Waals surface area contributed by atoms with Gasteiger partial charge in [-0.1, -0.05) is 15.9 Å². The Bertz CT molecular complexity index is 713. The van der Waals surface area contributed by atoms with Crippen molar-refractivity contribution < 1.29 is 0 Å². The van der Waals surface area contributed by atoms with Crippen LogP contribution in [-0.4, -0.2) is 15.0 Å². The molecule has 0 saturated carbocycles.